The van der Waals surface area contributed by atoms with Crippen molar-refractivity contribution in [1.82, 2.24) is 15.2 Å². The van der Waals surface area contributed by atoms with Gasteiger partial charge in [0, 0.05) is 32.3 Å². The molecule has 0 unspecified atom stereocenters. The Morgan fingerprint density at radius 2 is 1.41 bits per heavy atom. The van der Waals surface area contributed by atoms with Gasteiger partial charge in [0.2, 0.25) is 0 Å². The number of pyridine rings is 1. The van der Waals surface area contributed by atoms with E-state index in [0.29, 0.717) is 31.2 Å². The fraction of sp³-hybridized carbons (Fsp3) is 0.774. The van der Waals surface area contributed by atoms with E-state index in [1.807, 2.05) is 6.07 Å². The molecule has 1 aliphatic rings. The van der Waals surface area contributed by atoms with Gasteiger partial charge in [-0.1, -0.05) is 140 Å². The van der Waals surface area contributed by atoms with Gasteiger partial charge in [0.15, 0.2) is 5.03 Å². The fourth-order valence-electron chi connectivity index (χ4n) is 4.93. The number of carbonyl (C=O) groups is 1. The third-order valence-electron chi connectivity index (χ3n) is 7.30. The molecule has 1 aromatic heterocycles. The van der Waals surface area contributed by atoms with Crippen LogP contribution in [0.3, 0.4) is 0 Å². The molecule has 41 heavy (non-hydrogen) atoms. The second-order valence-corrected chi connectivity index (χ2v) is 11.4. The van der Waals surface area contributed by atoms with Gasteiger partial charge < -0.3 is 15.3 Å². The fourth-order valence-corrected chi connectivity index (χ4v) is 5.04. The number of halogens is 1. The maximum Gasteiger partial charge on any atom is 0.303 e. The highest BCUT2D eigenvalue weighted by atomic mass is 35.5. The van der Waals surface area contributed by atoms with Gasteiger partial charge in [-0.25, -0.2) is 15.1 Å². The number of carboxylic acid groups (broad SMARTS) is 1. The van der Waals surface area contributed by atoms with E-state index in [-0.39, 0.29) is 5.96 Å². The van der Waals surface area contributed by atoms with Crippen molar-refractivity contribution >= 4 is 23.5 Å². The largest absolute Gasteiger partial charge is 0.481 e. The van der Waals surface area contributed by atoms with Crippen molar-refractivity contribution in [2.24, 2.45) is 5.10 Å². The number of unbranched alkanes of at least 4 members (excludes halogenated alkanes) is 18. The lowest BCUT2D eigenvalue weighted by Gasteiger charge is -2.14. The van der Waals surface area contributed by atoms with E-state index in [0.717, 1.165) is 18.4 Å². The molecule has 2 N–H and O–H groups in total. The summed E-state index contributed by atoms with van der Waals surface area (Å²) in [6, 6.07) is 3.52. The Hall–Kier alpha value is -2.42. The van der Waals surface area contributed by atoms with Gasteiger partial charge >= 0.3 is 5.97 Å². The summed E-state index contributed by atoms with van der Waals surface area (Å²) < 4.78 is 0. The van der Waals surface area contributed by atoms with Crippen LogP contribution in [0.2, 0.25) is 5.15 Å². The van der Waals surface area contributed by atoms with Crippen molar-refractivity contribution in [1.29, 1.82) is 0 Å². The summed E-state index contributed by atoms with van der Waals surface area (Å²) in [5, 5.41) is 24.7. The summed E-state index contributed by atoms with van der Waals surface area (Å²) in [5.74, 6) is -0.369. The van der Waals surface area contributed by atoms with Crippen LogP contribution in [0.1, 0.15) is 141 Å². The Morgan fingerprint density at radius 1 is 0.927 bits per heavy atom. The number of aromatic nitrogens is 1. The Kier molecular flexibility index (Phi) is 22.6. The van der Waals surface area contributed by atoms with E-state index in [4.69, 9.17) is 16.7 Å². The average Bonchev–Trinajstić information content (AvgIpc) is 3.37. The summed E-state index contributed by atoms with van der Waals surface area (Å²) >= 11 is 5.68. The van der Waals surface area contributed by atoms with Crippen LogP contribution in [0.5, 0.6) is 0 Å². The predicted octanol–water partition coefficient (Wildman–Crippen LogP) is 8.58. The molecule has 234 valence electrons. The summed E-state index contributed by atoms with van der Waals surface area (Å²) in [7, 11) is 0. The van der Waals surface area contributed by atoms with Crippen LogP contribution < -0.4 is 5.32 Å². The first kappa shape index (κ1) is 36.6. The highest BCUT2D eigenvalue weighted by molar-refractivity contribution is 6.29. The van der Waals surface area contributed by atoms with Crippen LogP contribution in [-0.2, 0) is 11.3 Å². The summed E-state index contributed by atoms with van der Waals surface area (Å²) in [5.41, 5.74) is 0.925. The second kappa shape index (κ2) is 25.3. The Morgan fingerprint density at radius 3 is 1.83 bits per heavy atom. The van der Waals surface area contributed by atoms with Gasteiger partial charge in [-0.2, -0.15) is 0 Å². The molecule has 10 heteroatoms. The zero-order chi connectivity index (χ0) is 30.0. The molecule has 0 saturated carbocycles. The van der Waals surface area contributed by atoms with E-state index < -0.39 is 11.0 Å². The number of hydrogen-bond donors (Lipinski definition) is 2. The Balaban J connectivity index is 0.000000431. The van der Waals surface area contributed by atoms with E-state index in [9.17, 15) is 14.9 Å². The Labute approximate surface area is 252 Å². The molecule has 1 saturated heterocycles. The van der Waals surface area contributed by atoms with Crippen LogP contribution in [0, 0.1) is 10.1 Å². The molecule has 0 atom stereocenters. The highest BCUT2D eigenvalue weighted by Gasteiger charge is 2.21. The van der Waals surface area contributed by atoms with Crippen LogP contribution >= 0.6 is 11.6 Å². The SMILES string of the molecule is CCCCCCCCCCCCCCCCCCCCCC(=O)O.O=[N+]([O-])/N=C1\NCCN1Cc1ccc(Cl)nc1. The van der Waals surface area contributed by atoms with Gasteiger partial charge in [-0.3, -0.25) is 4.79 Å². The number of hydrogen-bond acceptors (Lipinski definition) is 4. The van der Waals surface area contributed by atoms with Crippen LogP contribution in [0.4, 0.5) is 0 Å². The van der Waals surface area contributed by atoms with Crippen molar-refractivity contribution < 1.29 is 14.9 Å². The van der Waals surface area contributed by atoms with Crippen molar-refractivity contribution in [2.75, 3.05) is 13.1 Å². The van der Waals surface area contributed by atoms with E-state index >= 15 is 0 Å². The lowest BCUT2D eigenvalue weighted by Crippen LogP contribution is -2.30. The minimum Gasteiger partial charge on any atom is -0.481 e. The number of aliphatic carboxylic acids is 1. The van der Waals surface area contributed by atoms with Crippen LogP contribution in [0.15, 0.2) is 23.4 Å². The number of nitrogens with one attached hydrogen (secondary N) is 1. The van der Waals surface area contributed by atoms with E-state index in [1.165, 1.54) is 109 Å². The molecule has 0 amide bonds. The molecule has 0 aromatic carbocycles. The van der Waals surface area contributed by atoms with Crippen LogP contribution in [0.25, 0.3) is 0 Å². The van der Waals surface area contributed by atoms with Gasteiger partial charge in [0.25, 0.3) is 5.96 Å². The number of rotatable bonds is 23. The van der Waals surface area contributed by atoms with E-state index in [1.54, 1.807) is 17.2 Å². The molecule has 1 aromatic rings. The smallest absolute Gasteiger partial charge is 0.303 e. The van der Waals surface area contributed by atoms with E-state index in [2.05, 4.69) is 22.3 Å². The molecule has 0 bridgehead atoms. The van der Waals surface area contributed by atoms with Crippen molar-refractivity contribution in [3.05, 3.63) is 39.2 Å². The number of carboxylic acids is 1. The normalized spacial score (nSPS) is 13.6. The molecule has 9 nitrogen and oxygen atoms in total. The van der Waals surface area contributed by atoms with Crippen molar-refractivity contribution in [3.63, 3.8) is 0 Å². The lowest BCUT2D eigenvalue weighted by molar-refractivity contribution is -0.485. The highest BCUT2D eigenvalue weighted by Crippen LogP contribution is 2.15. The quantitative estimate of drug-likeness (QED) is 0.0562. The molecular weight excluding hydrogens is 542 g/mol. The number of hydrazone groups is 1. The molecule has 1 aliphatic heterocycles. The number of nitro groups is 1. The topological polar surface area (TPSA) is 121 Å². The molecule has 2 rings (SSSR count). The maximum absolute atomic E-state index is 10.4. The predicted molar refractivity (Wildman–Crippen MR) is 168 cm³/mol. The lowest BCUT2D eigenvalue weighted by atomic mass is 10.0. The molecule has 1 fully saturated rings. The minimum absolute atomic E-state index is 0.282. The van der Waals surface area contributed by atoms with Crippen molar-refractivity contribution in [3.8, 4) is 0 Å². The zero-order valence-corrected chi connectivity index (χ0v) is 26.1. The molecule has 0 spiro atoms. The van der Waals surface area contributed by atoms with Gasteiger partial charge in [-0.05, 0) is 18.1 Å². The monoisotopic (exact) mass is 595 g/mol. The molecular formula is C31H54ClN5O4. The van der Waals surface area contributed by atoms with Gasteiger partial charge in [0.05, 0.1) is 0 Å². The van der Waals surface area contributed by atoms with Crippen molar-refractivity contribution in [2.45, 2.75) is 142 Å². The van der Waals surface area contributed by atoms with Gasteiger partial charge in [0.1, 0.15) is 10.3 Å². The third kappa shape index (κ3) is 21.9. The first-order valence-electron chi connectivity index (χ1n) is 16.0. The average molecular weight is 596 g/mol. The first-order valence-corrected chi connectivity index (χ1v) is 16.3. The second-order valence-electron chi connectivity index (χ2n) is 11.0. The standard InChI is InChI=1S/C22H44O2.C9H10ClN5O2/c1-2-3-4-5-6-7-8-9-10-11-12-13-14-15-16-17-18-19-20-21-22(23)24;10-8-2-1-7(5-12-8)6-14-4-3-11-9(14)13-15(16)17/h2-21H2,1H3,(H,23,24);1-2,5H,3-4,6H2,(H,11,13). The summed E-state index contributed by atoms with van der Waals surface area (Å²) in [6.07, 6.45) is 27.7. The molecule has 2 heterocycles. The number of nitrogens with zero attached hydrogens (tertiary/aromatic N) is 4. The first-order chi connectivity index (χ1) is 19.9. The maximum atomic E-state index is 10.4. The summed E-state index contributed by atoms with van der Waals surface area (Å²) in [4.78, 5) is 26.4. The molecule has 0 radical (unpaired) electrons. The zero-order valence-electron chi connectivity index (χ0n) is 25.3. The molecule has 0 aliphatic carbocycles. The third-order valence-corrected chi connectivity index (χ3v) is 7.52. The Bertz CT molecular complexity index is 838. The number of guanidine groups is 1. The van der Waals surface area contributed by atoms with Crippen LogP contribution in [-0.4, -0.2) is 45.0 Å². The van der Waals surface area contributed by atoms with Gasteiger partial charge in [-0.15, -0.1) is 0 Å². The minimum atomic E-state index is -0.708. The summed E-state index contributed by atoms with van der Waals surface area (Å²) in [6.45, 7) is 4.12.